The molecule has 1 aliphatic carbocycles. The average Bonchev–Trinajstić information content (AvgIpc) is 3.15. The van der Waals surface area contributed by atoms with Crippen LogP contribution in [0.25, 0.3) is 0 Å². The van der Waals surface area contributed by atoms with E-state index in [0.717, 1.165) is 5.56 Å². The molecule has 1 saturated heterocycles. The molecule has 1 aliphatic heterocycles. The average molecular weight is 415 g/mol. The Bertz CT molecular complexity index is 928. The molecule has 0 spiro atoms. The van der Waals surface area contributed by atoms with Crippen molar-refractivity contribution in [1.82, 2.24) is 4.90 Å². The monoisotopic (exact) mass is 415 g/mol. The fourth-order valence-electron chi connectivity index (χ4n) is 4.58. The molecular weight excluding hydrogens is 391 g/mol. The van der Waals surface area contributed by atoms with Gasteiger partial charge in [-0.1, -0.05) is 24.3 Å². The lowest BCUT2D eigenvalue weighted by Crippen LogP contribution is -2.59. The Morgan fingerprint density at radius 1 is 1.10 bits per heavy atom. The lowest BCUT2D eigenvalue weighted by atomic mass is 9.96. The number of rotatable bonds is 4. The topological polar surface area (TPSA) is 62.3 Å². The van der Waals surface area contributed by atoms with Crippen LogP contribution in [0.15, 0.2) is 48.5 Å². The van der Waals surface area contributed by atoms with Gasteiger partial charge in [-0.2, -0.15) is 5.26 Å². The number of nitrogens with zero attached hydrogens (tertiary/aromatic N) is 2. The van der Waals surface area contributed by atoms with Crippen LogP contribution in [-0.4, -0.2) is 42.1 Å². The van der Waals surface area contributed by atoms with Crippen molar-refractivity contribution in [2.75, 3.05) is 13.1 Å². The third kappa shape index (κ3) is 4.16. The van der Waals surface area contributed by atoms with Crippen molar-refractivity contribution >= 4 is 0 Å². The quantitative estimate of drug-likeness (QED) is 0.818. The predicted octanol–water partition coefficient (Wildman–Crippen LogP) is 4.06. The third-order valence-electron chi connectivity index (χ3n) is 6.27. The zero-order valence-corrected chi connectivity index (χ0v) is 16.5. The van der Waals surface area contributed by atoms with Crippen molar-refractivity contribution in [3.8, 4) is 11.8 Å². The Kier molecular flexibility index (Phi) is 5.72. The maximum Gasteiger partial charge on any atom is 0.265 e. The largest absolute Gasteiger partial charge is 0.487 e. The molecule has 2 N–H and O–H groups in total. The first-order valence-electron chi connectivity index (χ1n) is 10.2. The molecule has 2 aromatic rings. The van der Waals surface area contributed by atoms with Crippen LogP contribution in [0.5, 0.6) is 5.75 Å². The van der Waals surface area contributed by atoms with Crippen molar-refractivity contribution in [2.45, 2.75) is 49.3 Å². The van der Waals surface area contributed by atoms with Gasteiger partial charge in [-0.3, -0.25) is 4.90 Å². The molecule has 1 heterocycles. The fraction of sp³-hybridized carbons (Fsp3) is 0.435. The van der Waals surface area contributed by atoms with Gasteiger partial charge in [-0.05, 0) is 48.6 Å². The van der Waals surface area contributed by atoms with Crippen LogP contribution in [0.2, 0.25) is 0 Å². The van der Waals surface area contributed by atoms with Crippen LogP contribution >= 0.6 is 0 Å². The molecule has 0 amide bonds. The van der Waals surface area contributed by atoms with E-state index in [1.54, 1.807) is 36.4 Å². The van der Waals surface area contributed by atoms with Gasteiger partial charge in [0.25, 0.3) is 5.92 Å². The molecule has 4 rings (SSSR count). The van der Waals surface area contributed by atoms with Gasteiger partial charge in [0, 0.05) is 25.6 Å². The van der Waals surface area contributed by atoms with E-state index in [2.05, 4.69) is 6.07 Å². The summed E-state index contributed by atoms with van der Waals surface area (Å²) in [6, 6.07) is 14.2. The van der Waals surface area contributed by atoms with Crippen molar-refractivity contribution in [3.05, 3.63) is 65.5 Å². The van der Waals surface area contributed by atoms with Gasteiger partial charge in [-0.15, -0.1) is 0 Å². The molecule has 2 aliphatic rings. The smallest absolute Gasteiger partial charge is 0.265 e. The SMILES string of the molecule is N#Cc1ccccc1OC1CC(c2ccc(F)cc2)CC1N1CCC(F)(F)C(N)C1. The molecule has 2 aromatic carbocycles. The highest BCUT2D eigenvalue weighted by Crippen LogP contribution is 2.41. The summed E-state index contributed by atoms with van der Waals surface area (Å²) in [5.41, 5.74) is 7.19. The molecule has 30 heavy (non-hydrogen) atoms. The van der Waals surface area contributed by atoms with Crippen LogP contribution in [-0.2, 0) is 0 Å². The van der Waals surface area contributed by atoms with Crippen LogP contribution < -0.4 is 10.5 Å². The summed E-state index contributed by atoms with van der Waals surface area (Å²) in [5.74, 6) is -2.57. The minimum Gasteiger partial charge on any atom is -0.487 e. The number of piperidine rings is 1. The highest BCUT2D eigenvalue weighted by molar-refractivity contribution is 5.42. The number of likely N-dealkylation sites (tertiary alicyclic amines) is 1. The van der Waals surface area contributed by atoms with E-state index in [1.807, 2.05) is 4.90 Å². The second kappa shape index (κ2) is 8.29. The van der Waals surface area contributed by atoms with Crippen LogP contribution in [0.4, 0.5) is 13.2 Å². The Labute approximate surface area is 174 Å². The van der Waals surface area contributed by atoms with E-state index < -0.39 is 12.0 Å². The van der Waals surface area contributed by atoms with Gasteiger partial charge in [0.15, 0.2) is 0 Å². The number of halogens is 3. The molecule has 0 bridgehead atoms. The minimum absolute atomic E-state index is 0.0908. The molecule has 7 heteroatoms. The number of alkyl halides is 2. The van der Waals surface area contributed by atoms with E-state index in [1.165, 1.54) is 12.1 Å². The summed E-state index contributed by atoms with van der Waals surface area (Å²) in [4.78, 5) is 1.99. The summed E-state index contributed by atoms with van der Waals surface area (Å²) in [7, 11) is 0. The van der Waals surface area contributed by atoms with Crippen LogP contribution in [0.3, 0.4) is 0 Å². The van der Waals surface area contributed by atoms with Gasteiger partial charge in [0.2, 0.25) is 0 Å². The Hall–Kier alpha value is -2.56. The van der Waals surface area contributed by atoms with Gasteiger partial charge in [0.1, 0.15) is 23.7 Å². The number of benzene rings is 2. The number of hydrogen-bond donors (Lipinski definition) is 1. The van der Waals surface area contributed by atoms with Crippen molar-refractivity contribution in [3.63, 3.8) is 0 Å². The number of para-hydroxylation sites is 1. The number of hydrogen-bond acceptors (Lipinski definition) is 4. The van der Waals surface area contributed by atoms with Crippen LogP contribution in [0, 0.1) is 17.1 Å². The zero-order chi connectivity index (χ0) is 21.3. The maximum absolute atomic E-state index is 13.9. The third-order valence-corrected chi connectivity index (χ3v) is 6.27. The van der Waals surface area contributed by atoms with Crippen molar-refractivity contribution < 1.29 is 17.9 Å². The standard InChI is InChI=1S/C23H24F3N3O/c24-18-7-5-15(6-8-18)17-11-19(29-10-9-23(25,26)22(28)14-29)21(12-17)30-20-4-2-1-3-16(20)13-27/h1-8,17,19,21-22H,9-12,14,28H2. The van der Waals surface area contributed by atoms with E-state index in [-0.39, 0.29) is 43.4 Å². The normalized spacial score (nSPS) is 28.8. The molecule has 0 aromatic heterocycles. The maximum atomic E-state index is 13.9. The summed E-state index contributed by atoms with van der Waals surface area (Å²) in [6.45, 7) is 0.328. The number of ether oxygens (including phenoxy) is 1. The number of nitriles is 1. The predicted molar refractivity (Wildman–Crippen MR) is 107 cm³/mol. The first-order valence-corrected chi connectivity index (χ1v) is 10.2. The minimum atomic E-state index is -2.87. The molecular formula is C23H24F3N3O. The molecule has 4 unspecified atom stereocenters. The second-order valence-corrected chi connectivity index (χ2v) is 8.16. The lowest BCUT2D eigenvalue weighted by molar-refractivity contribution is -0.0857. The second-order valence-electron chi connectivity index (χ2n) is 8.16. The molecule has 4 nitrogen and oxygen atoms in total. The fourth-order valence-corrected chi connectivity index (χ4v) is 4.58. The summed E-state index contributed by atoms with van der Waals surface area (Å²) in [6.07, 6.45) is 0.781. The van der Waals surface area contributed by atoms with E-state index in [9.17, 15) is 18.4 Å². The van der Waals surface area contributed by atoms with Gasteiger partial charge in [0.05, 0.1) is 11.6 Å². The van der Waals surface area contributed by atoms with Gasteiger partial charge in [-0.25, -0.2) is 13.2 Å². The molecule has 0 radical (unpaired) electrons. The highest BCUT2D eigenvalue weighted by atomic mass is 19.3. The van der Waals surface area contributed by atoms with Gasteiger partial charge < -0.3 is 10.5 Å². The van der Waals surface area contributed by atoms with E-state index >= 15 is 0 Å². The van der Waals surface area contributed by atoms with E-state index in [0.29, 0.717) is 24.2 Å². The van der Waals surface area contributed by atoms with Crippen molar-refractivity contribution in [1.29, 1.82) is 5.26 Å². The zero-order valence-electron chi connectivity index (χ0n) is 16.5. The van der Waals surface area contributed by atoms with Crippen molar-refractivity contribution in [2.24, 2.45) is 5.73 Å². The first kappa shape index (κ1) is 20.7. The lowest BCUT2D eigenvalue weighted by Gasteiger charge is -2.41. The molecule has 158 valence electrons. The summed E-state index contributed by atoms with van der Waals surface area (Å²) in [5, 5.41) is 9.38. The molecule has 1 saturated carbocycles. The molecule has 2 fully saturated rings. The first-order chi connectivity index (χ1) is 14.4. The Morgan fingerprint density at radius 2 is 1.83 bits per heavy atom. The highest BCUT2D eigenvalue weighted by Gasteiger charge is 2.47. The molecule has 4 atom stereocenters. The van der Waals surface area contributed by atoms with E-state index in [4.69, 9.17) is 10.5 Å². The summed E-state index contributed by atoms with van der Waals surface area (Å²) < 4.78 is 47.5. The Morgan fingerprint density at radius 3 is 2.53 bits per heavy atom. The Balaban J connectivity index is 1.59. The van der Waals surface area contributed by atoms with Crippen LogP contribution in [0.1, 0.15) is 36.3 Å². The summed E-state index contributed by atoms with van der Waals surface area (Å²) >= 11 is 0. The number of nitrogens with two attached hydrogens (primary N) is 1. The van der Waals surface area contributed by atoms with Gasteiger partial charge >= 0.3 is 0 Å².